The summed E-state index contributed by atoms with van der Waals surface area (Å²) in [5.74, 6) is 1.28. The van der Waals surface area contributed by atoms with E-state index in [0.29, 0.717) is 18.1 Å². The van der Waals surface area contributed by atoms with Gasteiger partial charge in [0.25, 0.3) is 5.91 Å². The van der Waals surface area contributed by atoms with Crippen LogP contribution in [0.3, 0.4) is 0 Å². The van der Waals surface area contributed by atoms with Crippen LogP contribution in [0.4, 0.5) is 11.5 Å². The predicted octanol–water partition coefficient (Wildman–Crippen LogP) is 3.27. The van der Waals surface area contributed by atoms with Gasteiger partial charge in [-0.3, -0.25) is 4.79 Å². The largest absolute Gasteiger partial charge is 0.467 e. The van der Waals surface area contributed by atoms with Crippen molar-refractivity contribution in [3.63, 3.8) is 0 Å². The van der Waals surface area contributed by atoms with E-state index in [1.807, 2.05) is 35.2 Å². The van der Waals surface area contributed by atoms with Crippen molar-refractivity contribution in [2.75, 3.05) is 10.2 Å². The highest BCUT2D eigenvalue weighted by atomic mass is 16.3. The van der Waals surface area contributed by atoms with E-state index in [2.05, 4.69) is 28.3 Å². The molecule has 25 heavy (non-hydrogen) atoms. The molecule has 6 heteroatoms. The van der Waals surface area contributed by atoms with Crippen LogP contribution in [0.2, 0.25) is 0 Å². The first-order valence-electron chi connectivity index (χ1n) is 8.22. The maximum absolute atomic E-state index is 13.0. The molecule has 1 amide bonds. The molecule has 0 fully saturated rings. The van der Waals surface area contributed by atoms with Crippen molar-refractivity contribution in [3.8, 4) is 0 Å². The van der Waals surface area contributed by atoms with E-state index in [4.69, 9.17) is 4.42 Å². The second kappa shape index (κ2) is 6.39. The number of aromatic nitrogens is 2. The number of furan rings is 1. The van der Waals surface area contributed by atoms with Crippen molar-refractivity contribution in [1.29, 1.82) is 0 Å². The number of hydrogen-bond acceptors (Lipinski definition) is 5. The van der Waals surface area contributed by atoms with E-state index in [-0.39, 0.29) is 11.9 Å². The number of amides is 1. The second-order valence-electron chi connectivity index (χ2n) is 6.08. The molecule has 1 aliphatic heterocycles. The third-order valence-corrected chi connectivity index (χ3v) is 4.34. The molecule has 0 saturated carbocycles. The molecular formula is C19H18N4O2. The Labute approximate surface area is 145 Å². The van der Waals surface area contributed by atoms with E-state index < -0.39 is 0 Å². The molecule has 1 N–H and O–H groups in total. The summed E-state index contributed by atoms with van der Waals surface area (Å²) in [4.78, 5) is 23.2. The molecule has 1 aromatic carbocycles. The summed E-state index contributed by atoms with van der Waals surface area (Å²) in [7, 11) is 0. The van der Waals surface area contributed by atoms with Crippen LogP contribution in [0.25, 0.3) is 0 Å². The van der Waals surface area contributed by atoms with Gasteiger partial charge in [0.05, 0.1) is 12.8 Å². The fourth-order valence-electron chi connectivity index (χ4n) is 3.16. The third kappa shape index (κ3) is 2.98. The first-order chi connectivity index (χ1) is 12.2. The zero-order valence-electron chi connectivity index (χ0n) is 13.8. The van der Waals surface area contributed by atoms with Crippen LogP contribution >= 0.6 is 0 Å². The highest BCUT2D eigenvalue weighted by molar-refractivity contribution is 6.06. The van der Waals surface area contributed by atoms with Crippen LogP contribution in [0.1, 0.15) is 28.7 Å². The summed E-state index contributed by atoms with van der Waals surface area (Å²) < 4.78 is 5.29. The normalized spacial score (nSPS) is 15.9. The molecule has 0 saturated heterocycles. The number of nitrogens with zero attached hydrogens (tertiary/aromatic N) is 3. The average molecular weight is 334 g/mol. The molecular weight excluding hydrogens is 316 g/mol. The number of anilines is 2. The highest BCUT2D eigenvalue weighted by Crippen LogP contribution is 2.32. The lowest BCUT2D eigenvalue weighted by molar-refractivity contribution is 0.0976. The fourth-order valence-corrected chi connectivity index (χ4v) is 3.16. The Kier molecular flexibility index (Phi) is 3.93. The van der Waals surface area contributed by atoms with Gasteiger partial charge in [-0.15, -0.1) is 0 Å². The van der Waals surface area contributed by atoms with Crippen molar-refractivity contribution in [2.45, 2.75) is 25.9 Å². The summed E-state index contributed by atoms with van der Waals surface area (Å²) >= 11 is 0. The molecule has 126 valence electrons. The second-order valence-corrected chi connectivity index (χ2v) is 6.08. The Balaban J connectivity index is 1.55. The predicted molar refractivity (Wildman–Crippen MR) is 94.5 cm³/mol. The standard InChI is InChI=1S/C19H18N4O2/c1-13-9-14-5-2-3-7-17(14)23(13)19(24)16-10-18(22-12-21-16)20-11-15-6-4-8-25-15/h2-8,10,12-13H,9,11H2,1H3,(H,20,21,22). The van der Waals surface area contributed by atoms with Crippen LogP contribution in [0.15, 0.2) is 59.5 Å². The van der Waals surface area contributed by atoms with E-state index >= 15 is 0 Å². The molecule has 0 spiro atoms. The zero-order valence-corrected chi connectivity index (χ0v) is 13.8. The first-order valence-corrected chi connectivity index (χ1v) is 8.22. The van der Waals surface area contributed by atoms with Crippen molar-refractivity contribution in [1.82, 2.24) is 9.97 Å². The monoisotopic (exact) mass is 334 g/mol. The highest BCUT2D eigenvalue weighted by Gasteiger charge is 2.31. The van der Waals surface area contributed by atoms with Crippen LogP contribution in [-0.4, -0.2) is 21.9 Å². The van der Waals surface area contributed by atoms with Crippen LogP contribution in [0.5, 0.6) is 0 Å². The minimum Gasteiger partial charge on any atom is -0.467 e. The Morgan fingerprint density at radius 3 is 3.00 bits per heavy atom. The third-order valence-electron chi connectivity index (χ3n) is 4.34. The quantitative estimate of drug-likeness (QED) is 0.793. The molecule has 0 bridgehead atoms. The smallest absolute Gasteiger partial charge is 0.277 e. The number of carbonyl (C=O) groups excluding carboxylic acids is 1. The van der Waals surface area contributed by atoms with Gasteiger partial charge in [-0.1, -0.05) is 18.2 Å². The van der Waals surface area contributed by atoms with Gasteiger partial charge in [-0.2, -0.15) is 0 Å². The number of hydrogen-bond donors (Lipinski definition) is 1. The number of benzene rings is 1. The number of carbonyl (C=O) groups is 1. The molecule has 4 rings (SSSR count). The van der Waals surface area contributed by atoms with Gasteiger partial charge in [-0.25, -0.2) is 9.97 Å². The van der Waals surface area contributed by atoms with Gasteiger partial charge < -0.3 is 14.6 Å². The molecule has 1 unspecified atom stereocenters. The minimum atomic E-state index is -0.110. The Hall–Kier alpha value is -3.15. The maximum atomic E-state index is 13.0. The Morgan fingerprint density at radius 1 is 1.28 bits per heavy atom. The molecule has 3 heterocycles. The number of rotatable bonds is 4. The van der Waals surface area contributed by atoms with Gasteiger partial charge in [0.15, 0.2) is 0 Å². The molecule has 6 nitrogen and oxygen atoms in total. The van der Waals surface area contributed by atoms with Gasteiger partial charge in [0.1, 0.15) is 23.6 Å². The molecule has 0 radical (unpaired) electrons. The first kappa shape index (κ1) is 15.4. The Bertz CT molecular complexity index is 892. The summed E-state index contributed by atoms with van der Waals surface area (Å²) in [6.07, 6.45) is 3.89. The average Bonchev–Trinajstić information content (AvgIpc) is 3.26. The van der Waals surface area contributed by atoms with E-state index in [0.717, 1.165) is 17.9 Å². The molecule has 3 aromatic rings. The van der Waals surface area contributed by atoms with Crippen molar-refractivity contribution >= 4 is 17.4 Å². The number of fused-ring (bicyclic) bond motifs is 1. The topological polar surface area (TPSA) is 71.3 Å². The SMILES string of the molecule is CC1Cc2ccccc2N1C(=O)c1cc(NCc2ccco2)ncn1. The number of para-hydroxylation sites is 1. The molecule has 2 aromatic heterocycles. The summed E-state index contributed by atoms with van der Waals surface area (Å²) in [5.41, 5.74) is 2.53. The Morgan fingerprint density at radius 2 is 2.16 bits per heavy atom. The van der Waals surface area contributed by atoms with Crippen molar-refractivity contribution in [2.24, 2.45) is 0 Å². The van der Waals surface area contributed by atoms with E-state index in [1.54, 1.807) is 12.3 Å². The maximum Gasteiger partial charge on any atom is 0.277 e. The van der Waals surface area contributed by atoms with Crippen molar-refractivity contribution < 1.29 is 9.21 Å². The van der Waals surface area contributed by atoms with Crippen molar-refractivity contribution in [3.05, 3.63) is 72.1 Å². The summed E-state index contributed by atoms with van der Waals surface area (Å²) in [6.45, 7) is 2.55. The summed E-state index contributed by atoms with van der Waals surface area (Å²) in [6, 6.07) is 13.5. The number of nitrogens with one attached hydrogen (secondary N) is 1. The van der Waals surface area contributed by atoms with Gasteiger partial charge in [0.2, 0.25) is 0 Å². The van der Waals surface area contributed by atoms with Crippen LogP contribution in [-0.2, 0) is 13.0 Å². The lowest BCUT2D eigenvalue weighted by atomic mass is 10.1. The van der Waals surface area contributed by atoms with Gasteiger partial charge >= 0.3 is 0 Å². The molecule has 1 atom stereocenters. The lowest BCUT2D eigenvalue weighted by Crippen LogP contribution is -2.36. The lowest BCUT2D eigenvalue weighted by Gasteiger charge is -2.22. The van der Waals surface area contributed by atoms with Crippen LogP contribution in [0, 0.1) is 0 Å². The molecule has 0 aliphatic carbocycles. The summed E-state index contributed by atoms with van der Waals surface area (Å²) in [5, 5.41) is 3.15. The van der Waals surface area contributed by atoms with E-state index in [9.17, 15) is 4.79 Å². The minimum absolute atomic E-state index is 0.110. The van der Waals surface area contributed by atoms with Gasteiger partial charge in [0, 0.05) is 17.8 Å². The van der Waals surface area contributed by atoms with E-state index in [1.165, 1.54) is 11.9 Å². The van der Waals surface area contributed by atoms with Crippen LogP contribution < -0.4 is 10.2 Å². The zero-order chi connectivity index (χ0) is 17.2. The fraction of sp³-hybridized carbons (Fsp3) is 0.211. The molecule has 1 aliphatic rings. The van der Waals surface area contributed by atoms with Gasteiger partial charge in [-0.05, 0) is 37.1 Å².